The lowest BCUT2D eigenvalue weighted by Crippen LogP contribution is -2.46. The van der Waals surface area contributed by atoms with E-state index >= 15 is 0 Å². The van der Waals surface area contributed by atoms with E-state index in [2.05, 4.69) is 10.6 Å². The molecule has 0 radical (unpaired) electrons. The van der Waals surface area contributed by atoms with Crippen LogP contribution in [-0.4, -0.2) is 31.0 Å². The minimum atomic E-state index is -3.04. The summed E-state index contributed by atoms with van der Waals surface area (Å²) in [6.45, 7) is 1.32. The van der Waals surface area contributed by atoms with Gasteiger partial charge in [-0.05, 0) is 18.6 Å². The molecule has 30 heavy (non-hydrogen) atoms. The minimum Gasteiger partial charge on any atom is -0.489 e. The van der Waals surface area contributed by atoms with E-state index in [1.54, 1.807) is 13.0 Å². The summed E-state index contributed by atoms with van der Waals surface area (Å²) in [5.41, 5.74) is 1.48. The smallest absolute Gasteiger partial charge is 0.281 e. The van der Waals surface area contributed by atoms with Crippen molar-refractivity contribution in [1.82, 2.24) is 10.6 Å². The quantitative estimate of drug-likeness (QED) is 0.671. The number of rotatable bonds is 5. The van der Waals surface area contributed by atoms with E-state index < -0.39 is 24.4 Å². The van der Waals surface area contributed by atoms with Crippen LogP contribution in [0.4, 0.5) is 8.78 Å². The number of hydrogen-bond donors (Lipinski definition) is 2. The summed E-state index contributed by atoms with van der Waals surface area (Å²) in [7, 11) is 0. The van der Waals surface area contributed by atoms with E-state index in [0.29, 0.717) is 11.1 Å². The van der Waals surface area contributed by atoms with Gasteiger partial charge in [-0.3, -0.25) is 4.79 Å². The Kier molecular flexibility index (Phi) is 5.14. The number of ether oxygens (including phenoxy) is 1. The summed E-state index contributed by atoms with van der Waals surface area (Å²) in [6, 6.07) is 13.3. The summed E-state index contributed by atoms with van der Waals surface area (Å²) in [4.78, 5) is 12.8. The highest BCUT2D eigenvalue weighted by atomic mass is 19.3. The topological polar surface area (TPSA) is 87.3 Å². The van der Waals surface area contributed by atoms with Gasteiger partial charge in [0.2, 0.25) is 0 Å². The molecule has 1 aliphatic heterocycles. The van der Waals surface area contributed by atoms with Crippen molar-refractivity contribution >= 4 is 16.9 Å². The summed E-state index contributed by atoms with van der Waals surface area (Å²) >= 11 is 0. The number of amides is 1. The fourth-order valence-electron chi connectivity index (χ4n) is 3.52. The number of fused-ring (bicyclic) bond motifs is 1. The summed E-state index contributed by atoms with van der Waals surface area (Å²) in [5.74, 6) is -3.09. The predicted octanol–water partition coefficient (Wildman–Crippen LogP) is 3.53. The molecule has 1 fully saturated rings. The molecule has 1 aromatic heterocycles. The fraction of sp³-hybridized carbons (Fsp3) is 0.273. The zero-order valence-electron chi connectivity index (χ0n) is 16.2. The second-order valence-corrected chi connectivity index (χ2v) is 7.18. The second-order valence-electron chi connectivity index (χ2n) is 7.18. The molecule has 3 aromatic rings. The molecule has 2 N–H and O–H groups in total. The number of nitrogens with zero attached hydrogens (tertiary/aromatic N) is 1. The van der Waals surface area contributed by atoms with Crippen LogP contribution in [0, 0.1) is 18.3 Å². The maximum Gasteiger partial charge on any atom is 0.281 e. The Morgan fingerprint density at radius 3 is 2.80 bits per heavy atom. The van der Waals surface area contributed by atoms with Crippen molar-refractivity contribution in [2.75, 3.05) is 13.1 Å². The number of carbonyl (C=O) groups is 1. The Balaban J connectivity index is 1.67. The van der Waals surface area contributed by atoms with Crippen LogP contribution in [0.3, 0.4) is 0 Å². The van der Waals surface area contributed by atoms with Gasteiger partial charge in [0.25, 0.3) is 11.8 Å². The number of halogens is 2. The van der Waals surface area contributed by atoms with Crippen molar-refractivity contribution in [3.05, 3.63) is 64.9 Å². The van der Waals surface area contributed by atoms with Crippen molar-refractivity contribution in [1.29, 1.82) is 5.26 Å². The first-order valence-corrected chi connectivity index (χ1v) is 9.42. The molecule has 6 nitrogen and oxygen atoms in total. The molecule has 1 atom stereocenters. The van der Waals surface area contributed by atoms with Crippen LogP contribution < -0.4 is 15.4 Å². The normalized spacial score (nSPS) is 17.6. The first-order valence-electron chi connectivity index (χ1n) is 9.42. The summed E-state index contributed by atoms with van der Waals surface area (Å²) < 4.78 is 39.2. The molecule has 0 aliphatic carbocycles. The SMILES string of the molecule is Cc1oc2c(C#N)cc(OCc3ccccc3)cc2c1C(=O)NC1CNCC1(F)F. The van der Waals surface area contributed by atoms with Crippen LogP contribution >= 0.6 is 0 Å². The van der Waals surface area contributed by atoms with E-state index in [-0.39, 0.29) is 35.6 Å². The number of aryl methyl sites for hydroxylation is 1. The predicted molar refractivity (Wildman–Crippen MR) is 106 cm³/mol. The van der Waals surface area contributed by atoms with Gasteiger partial charge >= 0.3 is 0 Å². The Bertz CT molecular complexity index is 1140. The molecule has 1 aliphatic rings. The highest BCUT2D eigenvalue weighted by molar-refractivity contribution is 6.08. The summed E-state index contributed by atoms with van der Waals surface area (Å²) in [6.07, 6.45) is 0. The number of benzene rings is 2. The molecule has 1 amide bonds. The Morgan fingerprint density at radius 2 is 2.13 bits per heavy atom. The average Bonchev–Trinajstić information content (AvgIpc) is 3.24. The fourth-order valence-corrected chi connectivity index (χ4v) is 3.52. The molecule has 0 spiro atoms. The molecule has 0 saturated carbocycles. The van der Waals surface area contributed by atoms with E-state index in [9.17, 15) is 18.8 Å². The Labute approximate surface area is 171 Å². The maximum absolute atomic E-state index is 13.9. The van der Waals surface area contributed by atoms with Crippen LogP contribution in [-0.2, 0) is 6.61 Å². The van der Waals surface area contributed by atoms with Crippen LogP contribution in [0.2, 0.25) is 0 Å². The largest absolute Gasteiger partial charge is 0.489 e. The van der Waals surface area contributed by atoms with Crippen LogP contribution in [0.1, 0.15) is 27.2 Å². The number of alkyl halides is 2. The van der Waals surface area contributed by atoms with Crippen molar-refractivity contribution < 1.29 is 22.7 Å². The monoisotopic (exact) mass is 411 g/mol. The van der Waals surface area contributed by atoms with E-state index in [1.165, 1.54) is 6.07 Å². The Morgan fingerprint density at radius 1 is 1.37 bits per heavy atom. The zero-order valence-corrected chi connectivity index (χ0v) is 16.2. The summed E-state index contributed by atoms with van der Waals surface area (Å²) in [5, 5.41) is 14.8. The third kappa shape index (κ3) is 3.72. The van der Waals surface area contributed by atoms with Crippen molar-refractivity contribution in [2.45, 2.75) is 25.5 Å². The van der Waals surface area contributed by atoms with Gasteiger partial charge in [0, 0.05) is 18.0 Å². The lowest BCUT2D eigenvalue weighted by atomic mass is 10.1. The molecule has 1 saturated heterocycles. The lowest BCUT2D eigenvalue weighted by Gasteiger charge is -2.19. The lowest BCUT2D eigenvalue weighted by molar-refractivity contribution is -0.00247. The van der Waals surface area contributed by atoms with Gasteiger partial charge in [-0.25, -0.2) is 8.78 Å². The van der Waals surface area contributed by atoms with Crippen LogP contribution in [0.15, 0.2) is 46.9 Å². The van der Waals surface area contributed by atoms with Crippen LogP contribution in [0.5, 0.6) is 5.75 Å². The Hall–Kier alpha value is -3.44. The molecule has 8 heteroatoms. The molecular formula is C22H19F2N3O3. The zero-order chi connectivity index (χ0) is 21.3. The van der Waals surface area contributed by atoms with Gasteiger partial charge in [-0.15, -0.1) is 0 Å². The number of nitrogens with one attached hydrogen (secondary N) is 2. The van der Waals surface area contributed by atoms with E-state index in [4.69, 9.17) is 9.15 Å². The van der Waals surface area contributed by atoms with Crippen molar-refractivity contribution in [2.24, 2.45) is 0 Å². The van der Waals surface area contributed by atoms with Gasteiger partial charge in [-0.1, -0.05) is 30.3 Å². The molecule has 154 valence electrons. The highest BCUT2D eigenvalue weighted by Gasteiger charge is 2.45. The average molecular weight is 411 g/mol. The van der Waals surface area contributed by atoms with Crippen molar-refractivity contribution in [3.8, 4) is 11.8 Å². The van der Waals surface area contributed by atoms with Gasteiger partial charge in [0.1, 0.15) is 30.2 Å². The van der Waals surface area contributed by atoms with E-state index in [0.717, 1.165) is 5.56 Å². The third-order valence-electron chi connectivity index (χ3n) is 5.06. The van der Waals surface area contributed by atoms with Gasteiger partial charge in [0.05, 0.1) is 17.7 Å². The molecule has 0 bridgehead atoms. The molecule has 2 heterocycles. The number of furan rings is 1. The maximum atomic E-state index is 13.9. The minimum absolute atomic E-state index is 0.0253. The van der Waals surface area contributed by atoms with Crippen LogP contribution in [0.25, 0.3) is 11.0 Å². The first-order chi connectivity index (χ1) is 14.4. The molecule has 4 rings (SSSR count). The number of hydrogen-bond acceptors (Lipinski definition) is 5. The van der Waals surface area contributed by atoms with Gasteiger partial charge in [-0.2, -0.15) is 5.26 Å². The highest BCUT2D eigenvalue weighted by Crippen LogP contribution is 2.33. The standard InChI is InChI=1S/C22H19F2N3O3/c1-13-19(21(28)27-18-10-26-12-22(18,23)24)17-8-16(7-15(9-25)20(17)30-13)29-11-14-5-3-2-4-6-14/h2-8,18,26H,10-12H2,1H3,(H,27,28). The third-order valence-corrected chi connectivity index (χ3v) is 5.06. The second kappa shape index (κ2) is 7.76. The van der Waals surface area contributed by atoms with Crippen molar-refractivity contribution in [3.63, 3.8) is 0 Å². The van der Waals surface area contributed by atoms with Gasteiger partial charge in [0.15, 0.2) is 5.58 Å². The van der Waals surface area contributed by atoms with E-state index in [1.807, 2.05) is 36.4 Å². The number of carbonyl (C=O) groups excluding carboxylic acids is 1. The molecule has 2 aromatic carbocycles. The first kappa shape index (κ1) is 19.9. The number of nitriles is 1. The van der Waals surface area contributed by atoms with Gasteiger partial charge < -0.3 is 19.8 Å². The molecule has 1 unspecified atom stereocenters. The molecular weight excluding hydrogens is 392 g/mol.